The van der Waals surface area contributed by atoms with Gasteiger partial charge in [0.1, 0.15) is 6.04 Å². The van der Waals surface area contributed by atoms with Gasteiger partial charge < -0.3 is 19.6 Å². The summed E-state index contributed by atoms with van der Waals surface area (Å²) in [5, 5.41) is 11.2. The highest BCUT2D eigenvalue weighted by Gasteiger charge is 2.74. The van der Waals surface area contributed by atoms with Gasteiger partial charge in [0.15, 0.2) is 0 Å². The first-order valence-electron chi connectivity index (χ1n) is 13.6. The van der Waals surface area contributed by atoms with Crippen molar-refractivity contribution >= 4 is 46.8 Å². The molecule has 6 atom stereocenters. The molecule has 1 spiro atoms. The van der Waals surface area contributed by atoms with Gasteiger partial charge in [-0.15, -0.1) is 11.8 Å². The topological polar surface area (TPSA) is 87.1 Å². The van der Waals surface area contributed by atoms with Crippen LogP contribution in [0.1, 0.15) is 31.4 Å². The number of fused-ring (bicyclic) bond motifs is 2. The molecule has 2 aromatic carbocycles. The van der Waals surface area contributed by atoms with Crippen LogP contribution in [0.2, 0.25) is 5.02 Å². The van der Waals surface area contributed by atoms with Crippen LogP contribution in [0.15, 0.2) is 78.9 Å². The van der Waals surface area contributed by atoms with E-state index in [1.165, 1.54) is 16.7 Å². The van der Waals surface area contributed by atoms with E-state index in [9.17, 15) is 19.5 Å². The van der Waals surface area contributed by atoms with Crippen LogP contribution in [0, 0.1) is 11.8 Å². The van der Waals surface area contributed by atoms with E-state index in [0.717, 1.165) is 12.0 Å². The highest BCUT2D eigenvalue weighted by atomic mass is 35.5. The van der Waals surface area contributed by atoms with Gasteiger partial charge in [0, 0.05) is 22.0 Å². The maximum Gasteiger partial charge on any atom is 0.311 e. The number of esters is 1. The van der Waals surface area contributed by atoms with Crippen LogP contribution in [0.3, 0.4) is 0 Å². The normalized spacial score (nSPS) is 33.2. The van der Waals surface area contributed by atoms with Crippen LogP contribution in [0.4, 0.5) is 5.69 Å². The number of cyclic esters (lactones) is 1. The van der Waals surface area contributed by atoms with Crippen molar-refractivity contribution in [3.63, 3.8) is 0 Å². The third kappa shape index (κ3) is 4.19. The Kier molecular flexibility index (Phi) is 7.05. The molecule has 4 heterocycles. The monoisotopic (exact) mass is 578 g/mol. The van der Waals surface area contributed by atoms with Crippen LogP contribution < -0.4 is 4.90 Å². The van der Waals surface area contributed by atoms with E-state index in [4.69, 9.17) is 16.3 Å². The molecule has 0 radical (unpaired) electrons. The smallest absolute Gasteiger partial charge is 0.311 e. The molecule has 2 saturated heterocycles. The first kappa shape index (κ1) is 27.1. The van der Waals surface area contributed by atoms with Crippen molar-refractivity contribution in [1.82, 2.24) is 4.90 Å². The number of thioether (sulfide) groups is 1. The summed E-state index contributed by atoms with van der Waals surface area (Å²) in [6.45, 7) is 2.17. The minimum Gasteiger partial charge on any atom is -0.465 e. The molecule has 4 aliphatic heterocycles. The summed E-state index contributed by atoms with van der Waals surface area (Å²) < 4.78 is 3.90. The number of carbonyl (C=O) groups excluding carboxylic acids is 3. The number of nitrogens with zero attached hydrogens (tertiary/aromatic N) is 2. The Bertz CT molecular complexity index is 1380. The first-order valence-corrected chi connectivity index (χ1v) is 14.8. The lowest BCUT2D eigenvalue weighted by molar-refractivity contribution is -0.154. The summed E-state index contributed by atoms with van der Waals surface area (Å²) >= 11 is 7.63. The number of rotatable bonds is 4. The summed E-state index contributed by atoms with van der Waals surface area (Å²) in [6.07, 6.45) is 9.43. The standard InChI is InChI=1S/C31H31ClN2O5S/c1-30-15-6-3-7-18-39-29(38)25(30)24-27(36)34(23(19-35)20-9-4-2-5-10-20)26-28(37)33(17-8-16-31(24,26)40-30)22-13-11-21(32)12-14-22/h2,4-6,8-16,23-26,35H,3,7,17-19H2,1H3/b15-6-/t23-,24+,25-,26?,30+,31+/m1/s1. The zero-order valence-corrected chi connectivity index (χ0v) is 23.7. The maximum absolute atomic E-state index is 14.7. The van der Waals surface area contributed by atoms with Crippen LogP contribution in [0.5, 0.6) is 0 Å². The van der Waals surface area contributed by atoms with E-state index in [2.05, 4.69) is 6.08 Å². The Morgan fingerprint density at radius 2 is 1.77 bits per heavy atom. The van der Waals surface area contributed by atoms with E-state index in [-0.39, 0.29) is 25.0 Å². The number of hydrogen-bond acceptors (Lipinski definition) is 6. The van der Waals surface area contributed by atoms with Crippen molar-refractivity contribution in [2.45, 2.75) is 41.3 Å². The molecular formula is C31H31ClN2O5S. The molecular weight excluding hydrogens is 548 g/mol. The predicted molar refractivity (Wildman–Crippen MR) is 155 cm³/mol. The number of benzene rings is 2. The zero-order valence-electron chi connectivity index (χ0n) is 22.1. The molecule has 1 unspecified atom stereocenters. The Morgan fingerprint density at radius 3 is 2.50 bits per heavy atom. The summed E-state index contributed by atoms with van der Waals surface area (Å²) in [5.41, 5.74) is 1.38. The fourth-order valence-corrected chi connectivity index (χ4v) is 9.06. The molecule has 0 aliphatic carbocycles. The number of carbonyl (C=O) groups is 3. The molecule has 0 aromatic heterocycles. The molecule has 7 nitrogen and oxygen atoms in total. The molecule has 9 heteroatoms. The maximum atomic E-state index is 14.7. The van der Waals surface area contributed by atoms with Crippen LogP contribution in [-0.4, -0.2) is 63.1 Å². The minimum atomic E-state index is -1.04. The molecule has 1 N–H and O–H groups in total. The third-order valence-electron chi connectivity index (χ3n) is 8.52. The second kappa shape index (κ2) is 10.4. The van der Waals surface area contributed by atoms with E-state index in [0.29, 0.717) is 23.7 Å². The van der Waals surface area contributed by atoms with Gasteiger partial charge in [-0.25, -0.2) is 0 Å². The van der Waals surface area contributed by atoms with Gasteiger partial charge in [-0.05, 0) is 49.6 Å². The molecule has 2 fully saturated rings. The number of hydrogen-bond donors (Lipinski definition) is 1. The minimum absolute atomic E-state index is 0.266. The van der Waals surface area contributed by atoms with Crippen molar-refractivity contribution in [1.29, 1.82) is 0 Å². The molecule has 0 saturated carbocycles. The molecule has 4 aliphatic rings. The van der Waals surface area contributed by atoms with E-state index in [1.807, 2.05) is 55.5 Å². The second-order valence-corrected chi connectivity index (χ2v) is 13.1. The van der Waals surface area contributed by atoms with Crippen LogP contribution in [-0.2, 0) is 19.1 Å². The largest absolute Gasteiger partial charge is 0.465 e. The van der Waals surface area contributed by atoms with Crippen LogP contribution >= 0.6 is 23.4 Å². The van der Waals surface area contributed by atoms with Crippen molar-refractivity contribution in [3.05, 3.63) is 89.5 Å². The van der Waals surface area contributed by atoms with E-state index >= 15 is 0 Å². The van der Waals surface area contributed by atoms with Crippen molar-refractivity contribution in [2.75, 3.05) is 24.7 Å². The summed E-state index contributed by atoms with van der Waals surface area (Å²) in [4.78, 5) is 46.1. The fraction of sp³-hybridized carbons (Fsp3) is 0.387. The molecule has 208 valence electrons. The molecule has 0 bridgehead atoms. The molecule has 40 heavy (non-hydrogen) atoms. The summed E-state index contributed by atoms with van der Waals surface area (Å²) in [5.74, 6) is -2.64. The number of aliphatic hydroxyl groups excluding tert-OH is 1. The Balaban J connectivity index is 1.54. The van der Waals surface area contributed by atoms with Crippen molar-refractivity contribution in [2.24, 2.45) is 11.8 Å². The van der Waals surface area contributed by atoms with Crippen LogP contribution in [0.25, 0.3) is 0 Å². The highest BCUT2D eigenvalue weighted by molar-refractivity contribution is 8.02. The first-order chi connectivity index (χ1) is 19.3. The van der Waals surface area contributed by atoms with Gasteiger partial charge >= 0.3 is 5.97 Å². The summed E-state index contributed by atoms with van der Waals surface area (Å²) in [7, 11) is 0. The third-order valence-corrected chi connectivity index (χ3v) is 10.6. The SMILES string of the molecule is C[C@]12/C=C\CCCOC(=O)[C@H]1[C@H]1C(=O)N([C@H](CO)c3ccccc3)C3C(=O)N(c4ccc(Cl)cc4)CC=C[C@@]31S2. The number of ether oxygens (including phenoxy) is 1. The Labute approximate surface area is 242 Å². The fourth-order valence-electron chi connectivity index (χ4n) is 6.79. The number of halogens is 1. The lowest BCUT2D eigenvalue weighted by atomic mass is 9.74. The number of aliphatic hydroxyl groups is 1. The second-order valence-electron chi connectivity index (χ2n) is 10.9. The van der Waals surface area contributed by atoms with Gasteiger partial charge in [0.2, 0.25) is 5.91 Å². The Morgan fingerprint density at radius 1 is 1.02 bits per heavy atom. The lowest BCUT2D eigenvalue weighted by Gasteiger charge is -2.39. The summed E-state index contributed by atoms with van der Waals surface area (Å²) in [6, 6.07) is 14.5. The van der Waals surface area contributed by atoms with Gasteiger partial charge in [-0.2, -0.15) is 0 Å². The van der Waals surface area contributed by atoms with Crippen molar-refractivity contribution < 1.29 is 24.2 Å². The van der Waals surface area contributed by atoms with E-state index < -0.39 is 39.4 Å². The molecule has 6 rings (SSSR count). The average molecular weight is 579 g/mol. The number of likely N-dealkylation sites (tertiary alicyclic amines) is 1. The predicted octanol–water partition coefficient (Wildman–Crippen LogP) is 4.56. The number of amides is 2. The lowest BCUT2D eigenvalue weighted by Crippen LogP contribution is -2.54. The molecule has 2 aromatic rings. The van der Waals surface area contributed by atoms with Gasteiger partial charge in [-0.1, -0.05) is 66.2 Å². The highest BCUT2D eigenvalue weighted by Crippen LogP contribution is 2.66. The Hall–Kier alpha value is -3.07. The number of allylic oxidation sites excluding steroid dienone is 1. The van der Waals surface area contributed by atoms with E-state index in [1.54, 1.807) is 29.2 Å². The van der Waals surface area contributed by atoms with Gasteiger partial charge in [0.25, 0.3) is 5.91 Å². The van der Waals surface area contributed by atoms with Gasteiger partial charge in [-0.3, -0.25) is 14.4 Å². The molecule has 2 amide bonds. The van der Waals surface area contributed by atoms with Gasteiger partial charge in [0.05, 0.1) is 35.8 Å². The quantitative estimate of drug-likeness (QED) is 0.423. The zero-order chi connectivity index (χ0) is 28.1. The average Bonchev–Trinajstić information content (AvgIpc) is 3.30. The number of anilines is 1. The van der Waals surface area contributed by atoms with Crippen molar-refractivity contribution in [3.8, 4) is 0 Å².